The van der Waals surface area contributed by atoms with Crippen LogP contribution in [-0.2, 0) is 0 Å². The zero-order valence-corrected chi connectivity index (χ0v) is 11.0. The van der Waals surface area contributed by atoms with Crippen LogP contribution in [0, 0.1) is 11.8 Å². The molecule has 0 spiro atoms. The monoisotopic (exact) mass is 230 g/mol. The second-order valence-electron chi connectivity index (χ2n) is 4.80. The molecule has 0 radical (unpaired) electrons. The Morgan fingerprint density at radius 2 is 1.19 bits per heavy atom. The number of unbranched alkanes of at least 4 members (excludes halogenated alkanes) is 1. The molecule has 0 aliphatic rings. The van der Waals surface area contributed by atoms with Crippen molar-refractivity contribution in [2.75, 3.05) is 39.3 Å². The highest BCUT2D eigenvalue weighted by Gasteiger charge is 1.98. The molecule has 0 bridgehead atoms. The molecule has 0 aromatic heterocycles. The van der Waals surface area contributed by atoms with Crippen LogP contribution >= 0.6 is 0 Å². The number of rotatable bonds is 11. The summed E-state index contributed by atoms with van der Waals surface area (Å²) in [4.78, 5) is 0. The van der Waals surface area contributed by atoms with E-state index >= 15 is 0 Å². The van der Waals surface area contributed by atoms with E-state index in [0.29, 0.717) is 11.8 Å². The summed E-state index contributed by atoms with van der Waals surface area (Å²) in [6.45, 7) is 10.1. The van der Waals surface area contributed by atoms with Crippen molar-refractivity contribution < 1.29 is 0 Å². The summed E-state index contributed by atoms with van der Waals surface area (Å²) in [6.07, 6.45) is 2.45. The van der Waals surface area contributed by atoms with Gasteiger partial charge in [0.05, 0.1) is 0 Å². The maximum absolute atomic E-state index is 5.53. The predicted octanol–water partition coefficient (Wildman–Crippen LogP) is 0.135. The van der Waals surface area contributed by atoms with Gasteiger partial charge in [-0.1, -0.05) is 13.8 Å². The summed E-state index contributed by atoms with van der Waals surface area (Å²) in [6, 6.07) is 0. The summed E-state index contributed by atoms with van der Waals surface area (Å²) >= 11 is 0. The Bertz CT molecular complexity index is 125. The molecule has 0 amide bonds. The first-order chi connectivity index (χ1) is 7.70. The normalized spacial score (nSPS) is 15.0. The van der Waals surface area contributed by atoms with Gasteiger partial charge in [0.2, 0.25) is 0 Å². The van der Waals surface area contributed by atoms with Crippen molar-refractivity contribution in [1.29, 1.82) is 0 Å². The standard InChI is InChI=1S/C12H30N4/c1-11(7-13)9-15-5-3-4-6-16-10-12(2)8-14/h11-12,15-16H,3-10,13-14H2,1-2H3. The first kappa shape index (κ1) is 15.8. The molecule has 0 saturated carbocycles. The van der Waals surface area contributed by atoms with Crippen molar-refractivity contribution >= 4 is 0 Å². The smallest absolute Gasteiger partial charge is 0.00111 e. The Morgan fingerprint density at radius 3 is 1.50 bits per heavy atom. The minimum Gasteiger partial charge on any atom is -0.330 e. The first-order valence-electron chi connectivity index (χ1n) is 6.52. The highest BCUT2D eigenvalue weighted by molar-refractivity contribution is 4.59. The summed E-state index contributed by atoms with van der Waals surface area (Å²) in [7, 11) is 0. The lowest BCUT2D eigenvalue weighted by molar-refractivity contribution is 0.488. The molecule has 0 saturated heterocycles. The minimum absolute atomic E-state index is 0.587. The molecule has 0 heterocycles. The number of nitrogens with one attached hydrogen (secondary N) is 2. The average molecular weight is 230 g/mol. The number of hydrogen-bond donors (Lipinski definition) is 4. The molecule has 0 aromatic carbocycles. The summed E-state index contributed by atoms with van der Waals surface area (Å²) in [5.41, 5.74) is 11.1. The van der Waals surface area contributed by atoms with E-state index in [2.05, 4.69) is 24.5 Å². The third-order valence-corrected chi connectivity index (χ3v) is 2.75. The number of hydrogen-bond acceptors (Lipinski definition) is 4. The van der Waals surface area contributed by atoms with Crippen molar-refractivity contribution in [2.45, 2.75) is 26.7 Å². The van der Waals surface area contributed by atoms with Gasteiger partial charge in [-0.15, -0.1) is 0 Å². The minimum atomic E-state index is 0.587. The van der Waals surface area contributed by atoms with Crippen LogP contribution in [0.15, 0.2) is 0 Å². The van der Waals surface area contributed by atoms with E-state index in [9.17, 15) is 0 Å². The van der Waals surface area contributed by atoms with Gasteiger partial charge in [0.1, 0.15) is 0 Å². The highest BCUT2D eigenvalue weighted by atomic mass is 14.9. The average Bonchev–Trinajstić information content (AvgIpc) is 2.31. The van der Waals surface area contributed by atoms with Crippen LogP contribution in [0.25, 0.3) is 0 Å². The molecule has 0 aliphatic carbocycles. The van der Waals surface area contributed by atoms with Gasteiger partial charge in [0.25, 0.3) is 0 Å². The van der Waals surface area contributed by atoms with Gasteiger partial charge in [0.15, 0.2) is 0 Å². The first-order valence-corrected chi connectivity index (χ1v) is 6.52. The lowest BCUT2D eigenvalue weighted by atomic mass is 10.2. The zero-order chi connectivity index (χ0) is 12.2. The van der Waals surface area contributed by atoms with Gasteiger partial charge in [0, 0.05) is 0 Å². The molecule has 4 heteroatoms. The molecular formula is C12H30N4. The molecule has 4 nitrogen and oxygen atoms in total. The van der Waals surface area contributed by atoms with E-state index in [4.69, 9.17) is 11.5 Å². The van der Waals surface area contributed by atoms with Crippen LogP contribution in [0.2, 0.25) is 0 Å². The fourth-order valence-corrected chi connectivity index (χ4v) is 1.36. The van der Waals surface area contributed by atoms with Gasteiger partial charge in [-0.25, -0.2) is 0 Å². The Morgan fingerprint density at radius 1 is 0.812 bits per heavy atom. The topological polar surface area (TPSA) is 76.1 Å². The molecule has 98 valence electrons. The second-order valence-corrected chi connectivity index (χ2v) is 4.80. The molecule has 0 fully saturated rings. The van der Waals surface area contributed by atoms with Gasteiger partial charge in [-0.05, 0) is 63.9 Å². The lowest BCUT2D eigenvalue weighted by Crippen LogP contribution is -2.28. The predicted molar refractivity (Wildman–Crippen MR) is 71.4 cm³/mol. The van der Waals surface area contributed by atoms with Crippen LogP contribution in [0.4, 0.5) is 0 Å². The summed E-state index contributed by atoms with van der Waals surface area (Å²) in [5, 5.41) is 6.84. The maximum atomic E-state index is 5.53. The van der Waals surface area contributed by atoms with Crippen molar-refractivity contribution in [2.24, 2.45) is 23.3 Å². The van der Waals surface area contributed by atoms with Gasteiger partial charge < -0.3 is 22.1 Å². The Labute approximate surface area is 101 Å². The lowest BCUT2D eigenvalue weighted by Gasteiger charge is -2.11. The van der Waals surface area contributed by atoms with Gasteiger partial charge >= 0.3 is 0 Å². The molecule has 6 N–H and O–H groups in total. The molecule has 0 aliphatic heterocycles. The second kappa shape index (κ2) is 11.3. The van der Waals surface area contributed by atoms with Crippen molar-refractivity contribution in [3.63, 3.8) is 0 Å². The molecule has 16 heavy (non-hydrogen) atoms. The number of nitrogens with two attached hydrogens (primary N) is 2. The van der Waals surface area contributed by atoms with Gasteiger partial charge in [-0.3, -0.25) is 0 Å². The Kier molecular flexibility index (Phi) is 11.2. The van der Waals surface area contributed by atoms with E-state index in [1.807, 2.05) is 0 Å². The fourth-order valence-electron chi connectivity index (χ4n) is 1.36. The molecule has 2 atom stereocenters. The van der Waals surface area contributed by atoms with Crippen LogP contribution in [0.5, 0.6) is 0 Å². The fraction of sp³-hybridized carbons (Fsp3) is 1.00. The van der Waals surface area contributed by atoms with Crippen molar-refractivity contribution in [1.82, 2.24) is 10.6 Å². The van der Waals surface area contributed by atoms with Crippen molar-refractivity contribution in [3.8, 4) is 0 Å². The Hall–Kier alpha value is -0.160. The van der Waals surface area contributed by atoms with Gasteiger partial charge in [-0.2, -0.15) is 0 Å². The van der Waals surface area contributed by atoms with Crippen LogP contribution in [-0.4, -0.2) is 39.3 Å². The molecule has 0 aromatic rings. The Balaban J connectivity index is 3.04. The van der Waals surface area contributed by atoms with E-state index < -0.39 is 0 Å². The molecule has 0 rings (SSSR count). The molecule has 2 unspecified atom stereocenters. The van der Waals surface area contributed by atoms with Crippen LogP contribution in [0.3, 0.4) is 0 Å². The summed E-state index contributed by atoms with van der Waals surface area (Å²) in [5.74, 6) is 1.17. The van der Waals surface area contributed by atoms with Crippen LogP contribution in [0.1, 0.15) is 26.7 Å². The maximum Gasteiger partial charge on any atom is -0.00111 e. The quantitative estimate of drug-likeness (QED) is 0.381. The third-order valence-electron chi connectivity index (χ3n) is 2.75. The largest absolute Gasteiger partial charge is 0.330 e. The van der Waals surface area contributed by atoms with Crippen LogP contribution < -0.4 is 22.1 Å². The van der Waals surface area contributed by atoms with E-state index in [1.54, 1.807) is 0 Å². The summed E-state index contributed by atoms with van der Waals surface area (Å²) < 4.78 is 0. The van der Waals surface area contributed by atoms with E-state index in [0.717, 1.165) is 39.3 Å². The zero-order valence-electron chi connectivity index (χ0n) is 11.0. The van der Waals surface area contributed by atoms with E-state index in [-0.39, 0.29) is 0 Å². The molecular weight excluding hydrogens is 200 g/mol. The SMILES string of the molecule is CC(CN)CNCCCCNCC(C)CN. The highest BCUT2D eigenvalue weighted by Crippen LogP contribution is 1.91. The van der Waals surface area contributed by atoms with Crippen molar-refractivity contribution in [3.05, 3.63) is 0 Å². The van der Waals surface area contributed by atoms with E-state index in [1.165, 1.54) is 12.8 Å². The third kappa shape index (κ3) is 10.4.